The van der Waals surface area contributed by atoms with E-state index in [1.807, 2.05) is 0 Å². The number of carbonyl (C=O) groups is 1. The van der Waals surface area contributed by atoms with Crippen LogP contribution >= 0.6 is 0 Å². The molecule has 2 N–H and O–H groups in total. The van der Waals surface area contributed by atoms with Gasteiger partial charge in [0.25, 0.3) is 5.70 Å². The summed E-state index contributed by atoms with van der Waals surface area (Å²) in [5, 5.41) is 10.2. The zero-order valence-corrected chi connectivity index (χ0v) is 5.61. The van der Waals surface area contributed by atoms with E-state index in [2.05, 4.69) is 0 Å². The average molecular weight is 154 g/mol. The van der Waals surface area contributed by atoms with E-state index in [4.69, 9.17) is 5.73 Å². The molecule has 0 saturated carbocycles. The van der Waals surface area contributed by atoms with Gasteiger partial charge in [0.1, 0.15) is 12.1 Å². The van der Waals surface area contributed by atoms with Crippen LogP contribution in [-0.2, 0) is 4.79 Å². The van der Waals surface area contributed by atoms with Gasteiger partial charge in [-0.2, -0.15) is 0 Å². The molecule has 0 radical (unpaired) electrons. The molecule has 0 bridgehead atoms. The van der Waals surface area contributed by atoms with Gasteiger partial charge in [-0.15, -0.1) is 0 Å². The summed E-state index contributed by atoms with van der Waals surface area (Å²) in [6.45, 7) is 0. The Kier molecular flexibility index (Phi) is 1.72. The first-order valence-electron chi connectivity index (χ1n) is 2.95. The maximum Gasteiger partial charge on any atom is 0.276 e. The Morgan fingerprint density at radius 1 is 1.55 bits per heavy atom. The van der Waals surface area contributed by atoms with Crippen molar-refractivity contribution >= 4 is 5.78 Å². The number of allylic oxidation sites excluding steroid dienone is 3. The molecule has 1 aliphatic rings. The van der Waals surface area contributed by atoms with E-state index >= 15 is 0 Å². The summed E-state index contributed by atoms with van der Waals surface area (Å²) in [7, 11) is 0. The lowest BCUT2D eigenvalue weighted by atomic mass is 10.1. The van der Waals surface area contributed by atoms with Crippen LogP contribution in [-0.4, -0.2) is 10.7 Å². The summed E-state index contributed by atoms with van der Waals surface area (Å²) in [6, 6.07) is 0. The van der Waals surface area contributed by atoms with Crippen molar-refractivity contribution in [3.63, 3.8) is 0 Å². The van der Waals surface area contributed by atoms with Gasteiger partial charge in [-0.05, 0) is 12.2 Å². The normalized spacial score (nSPS) is 17.3. The largest absolute Gasteiger partial charge is 0.393 e. The van der Waals surface area contributed by atoms with Crippen LogP contribution in [0.2, 0.25) is 0 Å². The van der Waals surface area contributed by atoms with Crippen molar-refractivity contribution in [2.45, 2.75) is 6.42 Å². The lowest BCUT2D eigenvalue weighted by molar-refractivity contribution is -0.427. The van der Waals surface area contributed by atoms with Crippen LogP contribution in [0.4, 0.5) is 0 Å². The molecule has 58 valence electrons. The Labute approximate surface area is 62.3 Å². The third-order valence-electron chi connectivity index (χ3n) is 1.34. The van der Waals surface area contributed by atoms with Crippen molar-refractivity contribution in [2.75, 3.05) is 0 Å². The minimum atomic E-state index is -0.628. The number of nitrogens with two attached hydrogens (primary N) is 1. The van der Waals surface area contributed by atoms with Crippen LogP contribution in [0.15, 0.2) is 23.5 Å². The van der Waals surface area contributed by atoms with E-state index in [0.29, 0.717) is 0 Å². The first-order valence-corrected chi connectivity index (χ1v) is 2.95. The molecule has 11 heavy (non-hydrogen) atoms. The molecule has 0 unspecified atom stereocenters. The summed E-state index contributed by atoms with van der Waals surface area (Å²) in [6.07, 6.45) is 2.29. The summed E-state index contributed by atoms with van der Waals surface area (Å²) in [4.78, 5) is 20.2. The van der Waals surface area contributed by atoms with Crippen molar-refractivity contribution in [2.24, 2.45) is 5.73 Å². The molecule has 0 saturated heterocycles. The Hall–Kier alpha value is -1.65. The van der Waals surface area contributed by atoms with Gasteiger partial charge >= 0.3 is 0 Å². The van der Waals surface area contributed by atoms with E-state index in [1.54, 1.807) is 0 Å². The molecule has 0 aromatic rings. The molecule has 0 spiro atoms. The third-order valence-corrected chi connectivity index (χ3v) is 1.34. The molecule has 0 amide bonds. The minimum Gasteiger partial charge on any atom is -0.393 e. The number of nitro groups is 1. The van der Waals surface area contributed by atoms with Gasteiger partial charge < -0.3 is 5.73 Å². The second-order valence-electron chi connectivity index (χ2n) is 2.14. The number of nitrogens with zero attached hydrogens (tertiary/aromatic N) is 1. The molecular formula is C6H6N2O3. The summed E-state index contributed by atoms with van der Waals surface area (Å²) < 4.78 is 0. The lowest BCUT2D eigenvalue weighted by Crippen LogP contribution is -2.15. The highest BCUT2D eigenvalue weighted by molar-refractivity contribution is 5.93. The Balaban J connectivity index is 2.99. The van der Waals surface area contributed by atoms with Crippen LogP contribution < -0.4 is 5.73 Å². The molecule has 5 heteroatoms. The SMILES string of the molecule is NC1=C([N+](=O)[O-])CC(=O)C=C1. The van der Waals surface area contributed by atoms with Gasteiger partial charge in [0.15, 0.2) is 5.78 Å². The monoisotopic (exact) mass is 154 g/mol. The smallest absolute Gasteiger partial charge is 0.276 e. The maximum atomic E-state index is 10.6. The van der Waals surface area contributed by atoms with E-state index in [-0.39, 0.29) is 23.6 Å². The standard InChI is InChI=1S/C6H6N2O3/c7-5-2-1-4(9)3-6(5)8(10)11/h1-2H,3,7H2. The van der Waals surface area contributed by atoms with Gasteiger partial charge in [0, 0.05) is 0 Å². The van der Waals surface area contributed by atoms with Crippen molar-refractivity contribution in [1.82, 2.24) is 0 Å². The zero-order valence-electron chi connectivity index (χ0n) is 5.61. The fourth-order valence-corrected chi connectivity index (χ4v) is 0.775. The van der Waals surface area contributed by atoms with E-state index < -0.39 is 4.92 Å². The van der Waals surface area contributed by atoms with Crippen molar-refractivity contribution < 1.29 is 9.72 Å². The topological polar surface area (TPSA) is 86.2 Å². The van der Waals surface area contributed by atoms with Crippen LogP contribution in [0, 0.1) is 10.1 Å². The van der Waals surface area contributed by atoms with Crippen LogP contribution in [0.25, 0.3) is 0 Å². The third kappa shape index (κ3) is 1.43. The first-order chi connectivity index (χ1) is 5.11. The predicted octanol–water partition coefficient (Wildman–Crippen LogP) is -0.0376. The van der Waals surface area contributed by atoms with Crippen LogP contribution in [0.1, 0.15) is 6.42 Å². The number of rotatable bonds is 1. The lowest BCUT2D eigenvalue weighted by Gasteiger charge is -2.02. The average Bonchev–Trinajstić information content (AvgIpc) is 1.94. The molecule has 0 fully saturated rings. The fourth-order valence-electron chi connectivity index (χ4n) is 0.775. The fraction of sp³-hybridized carbons (Fsp3) is 0.167. The molecule has 1 aliphatic carbocycles. The summed E-state index contributed by atoms with van der Waals surface area (Å²) in [5.74, 6) is -0.286. The second-order valence-corrected chi connectivity index (χ2v) is 2.14. The number of ketones is 1. The molecule has 0 atom stereocenters. The Morgan fingerprint density at radius 2 is 2.18 bits per heavy atom. The molecule has 5 nitrogen and oxygen atoms in total. The van der Waals surface area contributed by atoms with E-state index in [0.717, 1.165) is 0 Å². The molecule has 0 heterocycles. The van der Waals surface area contributed by atoms with Crippen LogP contribution in [0.3, 0.4) is 0 Å². The van der Waals surface area contributed by atoms with Gasteiger partial charge in [-0.1, -0.05) is 0 Å². The minimum absolute atomic E-state index is 0.0644. The highest BCUT2D eigenvalue weighted by atomic mass is 16.6. The van der Waals surface area contributed by atoms with Gasteiger partial charge in [0.2, 0.25) is 0 Å². The maximum absolute atomic E-state index is 10.6. The molecule has 0 aromatic heterocycles. The van der Waals surface area contributed by atoms with E-state index in [9.17, 15) is 14.9 Å². The van der Waals surface area contributed by atoms with Crippen molar-refractivity contribution in [1.29, 1.82) is 0 Å². The van der Waals surface area contributed by atoms with Crippen molar-refractivity contribution in [3.05, 3.63) is 33.7 Å². The second kappa shape index (κ2) is 2.53. The molecule has 0 aliphatic heterocycles. The zero-order chi connectivity index (χ0) is 8.43. The first kappa shape index (κ1) is 7.46. The number of hydrogen-bond acceptors (Lipinski definition) is 4. The van der Waals surface area contributed by atoms with Crippen molar-refractivity contribution in [3.8, 4) is 0 Å². The molecule has 1 rings (SSSR count). The number of hydrogen-bond donors (Lipinski definition) is 1. The van der Waals surface area contributed by atoms with Gasteiger partial charge in [-0.3, -0.25) is 14.9 Å². The molecular weight excluding hydrogens is 148 g/mol. The summed E-state index contributed by atoms with van der Waals surface area (Å²) >= 11 is 0. The predicted molar refractivity (Wildman–Crippen MR) is 37.0 cm³/mol. The van der Waals surface area contributed by atoms with Gasteiger partial charge in [0.05, 0.1) is 4.92 Å². The Bertz CT molecular complexity index is 278. The highest BCUT2D eigenvalue weighted by Gasteiger charge is 2.21. The molecule has 0 aromatic carbocycles. The summed E-state index contributed by atoms with van der Waals surface area (Å²) in [5.41, 5.74) is 5.09. The van der Waals surface area contributed by atoms with Crippen LogP contribution in [0.5, 0.6) is 0 Å². The van der Waals surface area contributed by atoms with E-state index in [1.165, 1.54) is 12.2 Å². The highest BCUT2D eigenvalue weighted by Crippen LogP contribution is 2.12. The quantitative estimate of drug-likeness (QED) is 0.424. The van der Waals surface area contributed by atoms with Gasteiger partial charge in [-0.25, -0.2) is 0 Å². The number of carbonyl (C=O) groups excluding carboxylic acids is 1. The Morgan fingerprint density at radius 3 is 2.64 bits per heavy atom.